The Kier molecular flexibility index (Phi) is 6.13. The molecule has 1 aromatic heterocycles. The average Bonchev–Trinajstić information content (AvgIpc) is 2.54. The number of rotatable bonds is 8. The standard InChI is InChI=1S/C18H28N4/c1-5-22(6-2)13-9-12-19-18-15-10-7-8-11-16(15)20-17(21-18)14(3)4/h7-8,10-11,14H,5-6,9,12-13H2,1-4H3,(H,19,20,21). The molecule has 0 bridgehead atoms. The van der Waals surface area contributed by atoms with E-state index in [1.165, 1.54) is 0 Å². The highest BCUT2D eigenvalue weighted by atomic mass is 15.1. The first kappa shape index (κ1) is 16.7. The molecule has 1 heterocycles. The molecule has 22 heavy (non-hydrogen) atoms. The minimum atomic E-state index is 0.334. The molecule has 4 heteroatoms. The van der Waals surface area contributed by atoms with Crippen LogP contribution in [0.1, 0.15) is 45.9 Å². The number of fused-ring (bicyclic) bond motifs is 1. The Balaban J connectivity index is 2.09. The van der Waals surface area contributed by atoms with Crippen molar-refractivity contribution in [2.75, 3.05) is 31.5 Å². The van der Waals surface area contributed by atoms with Crippen molar-refractivity contribution in [3.05, 3.63) is 30.1 Å². The molecule has 0 saturated heterocycles. The fourth-order valence-electron chi connectivity index (χ4n) is 2.54. The lowest BCUT2D eigenvalue weighted by Crippen LogP contribution is -2.25. The van der Waals surface area contributed by atoms with Crippen LogP contribution in [0.15, 0.2) is 24.3 Å². The average molecular weight is 300 g/mol. The zero-order chi connectivity index (χ0) is 15.9. The van der Waals surface area contributed by atoms with E-state index in [0.717, 1.165) is 55.1 Å². The van der Waals surface area contributed by atoms with Crippen LogP contribution >= 0.6 is 0 Å². The predicted molar refractivity (Wildman–Crippen MR) is 94.5 cm³/mol. The van der Waals surface area contributed by atoms with Gasteiger partial charge in [-0.1, -0.05) is 39.8 Å². The molecule has 0 saturated carbocycles. The Morgan fingerprint density at radius 3 is 2.50 bits per heavy atom. The largest absolute Gasteiger partial charge is 0.369 e. The monoisotopic (exact) mass is 300 g/mol. The van der Waals surface area contributed by atoms with Gasteiger partial charge in [0, 0.05) is 17.8 Å². The van der Waals surface area contributed by atoms with E-state index < -0.39 is 0 Å². The number of hydrogen-bond acceptors (Lipinski definition) is 4. The highest BCUT2D eigenvalue weighted by Crippen LogP contribution is 2.22. The van der Waals surface area contributed by atoms with Crippen LogP contribution in [-0.4, -0.2) is 41.0 Å². The summed E-state index contributed by atoms with van der Waals surface area (Å²) < 4.78 is 0. The zero-order valence-electron chi connectivity index (χ0n) is 14.3. The molecule has 0 spiro atoms. The van der Waals surface area contributed by atoms with Crippen LogP contribution in [0.2, 0.25) is 0 Å². The molecule has 2 aromatic rings. The minimum Gasteiger partial charge on any atom is -0.369 e. The highest BCUT2D eigenvalue weighted by Gasteiger charge is 2.09. The SMILES string of the molecule is CCN(CC)CCCNc1nc(C(C)C)nc2ccccc12. The van der Waals surface area contributed by atoms with Gasteiger partial charge in [0.15, 0.2) is 0 Å². The molecule has 0 aliphatic heterocycles. The summed E-state index contributed by atoms with van der Waals surface area (Å²) in [6, 6.07) is 8.22. The predicted octanol–water partition coefficient (Wildman–Crippen LogP) is 3.90. The van der Waals surface area contributed by atoms with Gasteiger partial charge < -0.3 is 10.2 Å². The second-order valence-electron chi connectivity index (χ2n) is 5.91. The lowest BCUT2D eigenvalue weighted by atomic mass is 10.1. The summed E-state index contributed by atoms with van der Waals surface area (Å²) in [7, 11) is 0. The number of aromatic nitrogens is 2. The van der Waals surface area contributed by atoms with Crippen molar-refractivity contribution in [2.24, 2.45) is 0 Å². The normalized spacial score (nSPS) is 11.5. The third kappa shape index (κ3) is 4.17. The number of para-hydroxylation sites is 1. The Labute approximate surface area is 134 Å². The molecule has 0 unspecified atom stereocenters. The number of nitrogens with one attached hydrogen (secondary N) is 1. The lowest BCUT2D eigenvalue weighted by molar-refractivity contribution is 0.303. The minimum absolute atomic E-state index is 0.334. The summed E-state index contributed by atoms with van der Waals surface area (Å²) in [5.74, 6) is 2.21. The summed E-state index contributed by atoms with van der Waals surface area (Å²) in [4.78, 5) is 11.8. The van der Waals surface area contributed by atoms with Crippen molar-refractivity contribution >= 4 is 16.7 Å². The van der Waals surface area contributed by atoms with Crippen LogP contribution in [-0.2, 0) is 0 Å². The zero-order valence-corrected chi connectivity index (χ0v) is 14.3. The smallest absolute Gasteiger partial charge is 0.137 e. The lowest BCUT2D eigenvalue weighted by Gasteiger charge is -2.18. The first-order valence-electron chi connectivity index (χ1n) is 8.38. The Morgan fingerprint density at radius 1 is 1.09 bits per heavy atom. The van der Waals surface area contributed by atoms with Crippen LogP contribution in [0.25, 0.3) is 10.9 Å². The summed E-state index contributed by atoms with van der Waals surface area (Å²) in [5.41, 5.74) is 1.02. The van der Waals surface area contributed by atoms with Crippen LogP contribution in [0.4, 0.5) is 5.82 Å². The summed E-state index contributed by atoms with van der Waals surface area (Å²) in [5, 5.41) is 4.61. The van der Waals surface area contributed by atoms with E-state index in [1.54, 1.807) is 0 Å². The van der Waals surface area contributed by atoms with Crippen molar-refractivity contribution < 1.29 is 0 Å². The molecular formula is C18H28N4. The van der Waals surface area contributed by atoms with Gasteiger partial charge in [-0.15, -0.1) is 0 Å². The molecule has 0 aliphatic carbocycles. The van der Waals surface area contributed by atoms with Crippen LogP contribution in [0, 0.1) is 0 Å². The third-order valence-electron chi connectivity index (χ3n) is 3.97. The maximum Gasteiger partial charge on any atom is 0.137 e. The number of hydrogen-bond donors (Lipinski definition) is 1. The fraction of sp³-hybridized carbons (Fsp3) is 0.556. The van der Waals surface area contributed by atoms with Gasteiger partial charge in [0.05, 0.1) is 5.52 Å². The highest BCUT2D eigenvalue weighted by molar-refractivity contribution is 5.89. The van der Waals surface area contributed by atoms with Crippen molar-refractivity contribution in [3.8, 4) is 0 Å². The van der Waals surface area contributed by atoms with Gasteiger partial charge in [-0.2, -0.15) is 0 Å². The molecule has 4 nitrogen and oxygen atoms in total. The molecule has 0 atom stereocenters. The quantitative estimate of drug-likeness (QED) is 0.751. The van der Waals surface area contributed by atoms with Gasteiger partial charge in [0.1, 0.15) is 11.6 Å². The summed E-state index contributed by atoms with van der Waals surface area (Å²) in [6.45, 7) is 13.0. The van der Waals surface area contributed by atoms with Gasteiger partial charge in [-0.3, -0.25) is 0 Å². The van der Waals surface area contributed by atoms with E-state index in [9.17, 15) is 0 Å². The third-order valence-corrected chi connectivity index (χ3v) is 3.97. The maximum absolute atomic E-state index is 4.72. The fourth-order valence-corrected chi connectivity index (χ4v) is 2.54. The molecule has 120 valence electrons. The molecule has 0 fully saturated rings. The summed E-state index contributed by atoms with van der Waals surface area (Å²) in [6.07, 6.45) is 1.12. The van der Waals surface area contributed by atoms with Gasteiger partial charge in [-0.25, -0.2) is 9.97 Å². The number of benzene rings is 1. The molecule has 0 amide bonds. The van der Waals surface area contributed by atoms with Gasteiger partial charge in [-0.05, 0) is 38.2 Å². The van der Waals surface area contributed by atoms with E-state index in [2.05, 4.69) is 55.0 Å². The van der Waals surface area contributed by atoms with Gasteiger partial charge >= 0.3 is 0 Å². The molecular weight excluding hydrogens is 272 g/mol. The van der Waals surface area contributed by atoms with Crippen molar-refractivity contribution in [1.29, 1.82) is 0 Å². The Hall–Kier alpha value is -1.68. The molecule has 1 aromatic carbocycles. The Morgan fingerprint density at radius 2 is 1.82 bits per heavy atom. The second-order valence-corrected chi connectivity index (χ2v) is 5.91. The van der Waals surface area contributed by atoms with Gasteiger partial charge in [0.2, 0.25) is 0 Å². The first-order chi connectivity index (χ1) is 10.7. The summed E-state index contributed by atoms with van der Waals surface area (Å²) >= 11 is 0. The van der Waals surface area contributed by atoms with E-state index in [-0.39, 0.29) is 0 Å². The van der Waals surface area contributed by atoms with Gasteiger partial charge in [0.25, 0.3) is 0 Å². The van der Waals surface area contributed by atoms with Crippen molar-refractivity contribution in [1.82, 2.24) is 14.9 Å². The number of anilines is 1. The van der Waals surface area contributed by atoms with E-state index in [0.29, 0.717) is 5.92 Å². The number of nitrogens with zero attached hydrogens (tertiary/aromatic N) is 3. The molecule has 2 rings (SSSR count). The first-order valence-corrected chi connectivity index (χ1v) is 8.38. The topological polar surface area (TPSA) is 41.0 Å². The van der Waals surface area contributed by atoms with Crippen LogP contribution < -0.4 is 5.32 Å². The Bertz CT molecular complexity index is 591. The van der Waals surface area contributed by atoms with E-state index in [1.807, 2.05) is 12.1 Å². The molecule has 0 radical (unpaired) electrons. The second kappa shape index (κ2) is 8.08. The molecule has 0 aliphatic rings. The van der Waals surface area contributed by atoms with Crippen molar-refractivity contribution in [2.45, 2.75) is 40.0 Å². The molecule has 1 N–H and O–H groups in total. The van der Waals surface area contributed by atoms with E-state index in [4.69, 9.17) is 4.98 Å². The van der Waals surface area contributed by atoms with Crippen LogP contribution in [0.3, 0.4) is 0 Å². The van der Waals surface area contributed by atoms with E-state index >= 15 is 0 Å². The van der Waals surface area contributed by atoms with Crippen molar-refractivity contribution in [3.63, 3.8) is 0 Å². The maximum atomic E-state index is 4.72. The van der Waals surface area contributed by atoms with Crippen LogP contribution in [0.5, 0.6) is 0 Å².